The second-order valence-corrected chi connectivity index (χ2v) is 8.68. The summed E-state index contributed by atoms with van der Waals surface area (Å²) in [5.74, 6) is 1.06. The maximum Gasteiger partial charge on any atom is 0.254 e. The first-order valence-electron chi connectivity index (χ1n) is 9.68. The van der Waals surface area contributed by atoms with E-state index < -0.39 is 0 Å². The minimum atomic E-state index is -0.352. The number of fused-ring (bicyclic) bond motifs is 2. The third kappa shape index (κ3) is 3.14. The Morgan fingerprint density at radius 3 is 2.76 bits per heavy atom. The summed E-state index contributed by atoms with van der Waals surface area (Å²) in [7, 11) is 2.12. The highest BCUT2D eigenvalue weighted by molar-refractivity contribution is 7.15. The van der Waals surface area contributed by atoms with Crippen LogP contribution in [0.5, 0.6) is 0 Å². The van der Waals surface area contributed by atoms with Crippen LogP contribution in [-0.4, -0.2) is 55.6 Å². The second kappa shape index (κ2) is 7.00. The van der Waals surface area contributed by atoms with Crippen molar-refractivity contribution in [1.29, 1.82) is 0 Å². The molecule has 1 aromatic carbocycles. The Labute approximate surface area is 171 Å². The van der Waals surface area contributed by atoms with E-state index in [1.54, 1.807) is 16.2 Å². The lowest BCUT2D eigenvalue weighted by molar-refractivity contribution is 0.0638. The largest absolute Gasteiger partial charge is 0.327 e. The van der Waals surface area contributed by atoms with Crippen molar-refractivity contribution < 1.29 is 9.18 Å². The highest BCUT2D eigenvalue weighted by atomic mass is 32.1. The van der Waals surface area contributed by atoms with E-state index in [1.165, 1.54) is 29.1 Å². The fourth-order valence-corrected chi connectivity index (χ4v) is 5.18. The molecule has 0 unspecified atom stereocenters. The molecule has 5 rings (SSSR count). The van der Waals surface area contributed by atoms with Gasteiger partial charge in [0.15, 0.2) is 16.7 Å². The van der Waals surface area contributed by atoms with Crippen molar-refractivity contribution in [1.82, 2.24) is 29.5 Å². The van der Waals surface area contributed by atoms with Crippen LogP contribution >= 0.6 is 11.3 Å². The van der Waals surface area contributed by atoms with E-state index in [0.29, 0.717) is 18.7 Å². The summed E-state index contributed by atoms with van der Waals surface area (Å²) in [5.41, 5.74) is 1.64. The Morgan fingerprint density at radius 1 is 1.17 bits per heavy atom. The maximum atomic E-state index is 13.2. The summed E-state index contributed by atoms with van der Waals surface area (Å²) in [6.07, 6.45) is 0.958. The van der Waals surface area contributed by atoms with Gasteiger partial charge in [-0.3, -0.25) is 4.79 Å². The molecular formula is C20H21FN6OS. The number of benzene rings is 1. The number of amides is 1. The van der Waals surface area contributed by atoms with Gasteiger partial charge in [0.05, 0.1) is 11.7 Å². The number of likely N-dealkylation sites (N-methyl/N-ethyl adjacent to an activating group) is 1. The highest BCUT2D eigenvalue weighted by Gasteiger charge is 2.33. The van der Waals surface area contributed by atoms with Crippen LogP contribution in [0.15, 0.2) is 24.3 Å². The van der Waals surface area contributed by atoms with E-state index in [4.69, 9.17) is 4.98 Å². The van der Waals surface area contributed by atoms with Crippen molar-refractivity contribution >= 4 is 17.2 Å². The number of nitrogens with zero attached hydrogens (tertiary/aromatic N) is 6. The first-order chi connectivity index (χ1) is 14.0. The molecule has 7 nitrogen and oxygen atoms in total. The quantitative estimate of drug-likeness (QED) is 0.648. The normalized spacial score (nSPS) is 19.1. The van der Waals surface area contributed by atoms with Crippen molar-refractivity contribution in [3.8, 4) is 10.8 Å². The van der Waals surface area contributed by atoms with Gasteiger partial charge in [-0.25, -0.2) is 9.37 Å². The smallest absolute Gasteiger partial charge is 0.254 e. The molecule has 0 saturated heterocycles. The van der Waals surface area contributed by atoms with Crippen molar-refractivity contribution in [3.63, 3.8) is 0 Å². The Balaban J connectivity index is 1.43. The molecule has 2 aromatic heterocycles. The number of aromatic nitrogens is 4. The first kappa shape index (κ1) is 18.4. The van der Waals surface area contributed by atoms with Gasteiger partial charge in [0.25, 0.3) is 5.91 Å². The Hall–Kier alpha value is -2.65. The van der Waals surface area contributed by atoms with Gasteiger partial charge >= 0.3 is 0 Å². The van der Waals surface area contributed by atoms with E-state index in [0.717, 1.165) is 41.9 Å². The molecule has 29 heavy (non-hydrogen) atoms. The van der Waals surface area contributed by atoms with Crippen LogP contribution < -0.4 is 0 Å². The predicted molar refractivity (Wildman–Crippen MR) is 107 cm³/mol. The van der Waals surface area contributed by atoms with Crippen LogP contribution in [-0.2, 0) is 19.5 Å². The van der Waals surface area contributed by atoms with Crippen LogP contribution in [0.2, 0.25) is 0 Å². The number of hydrogen-bond acceptors (Lipinski definition) is 6. The molecular weight excluding hydrogens is 391 g/mol. The number of carbonyl (C=O) groups is 1. The van der Waals surface area contributed by atoms with Crippen LogP contribution in [0.25, 0.3) is 10.8 Å². The van der Waals surface area contributed by atoms with Gasteiger partial charge in [-0.05, 0) is 38.2 Å². The molecule has 0 saturated carbocycles. The third-order valence-corrected chi connectivity index (χ3v) is 6.73. The summed E-state index contributed by atoms with van der Waals surface area (Å²) in [4.78, 5) is 23.1. The predicted octanol–water partition coefficient (Wildman–Crippen LogP) is 2.75. The van der Waals surface area contributed by atoms with Gasteiger partial charge in [-0.1, -0.05) is 0 Å². The van der Waals surface area contributed by atoms with Crippen LogP contribution in [0.4, 0.5) is 4.39 Å². The lowest BCUT2D eigenvalue weighted by atomic mass is 10.1. The fraction of sp³-hybridized carbons (Fsp3) is 0.400. The van der Waals surface area contributed by atoms with Crippen LogP contribution in [0.1, 0.15) is 39.7 Å². The standard InChI is InChI=1S/C20H21FN6OS/c1-12-17-23-24-18(19-22-15-7-8-25(2)11-16(15)29-19)27(17)10-9-26(12)20(28)13-3-5-14(21)6-4-13/h3-6,12H,7-11H2,1-2H3/t12-/m1/s1. The van der Waals surface area contributed by atoms with Crippen LogP contribution in [0.3, 0.4) is 0 Å². The average molecular weight is 412 g/mol. The van der Waals surface area contributed by atoms with Gasteiger partial charge in [0.1, 0.15) is 5.82 Å². The van der Waals surface area contributed by atoms with Crippen molar-refractivity contribution in [3.05, 3.63) is 52.0 Å². The number of rotatable bonds is 2. The van der Waals surface area contributed by atoms with E-state index in [1.807, 2.05) is 6.92 Å². The molecule has 0 N–H and O–H groups in total. The number of hydrogen-bond donors (Lipinski definition) is 0. The molecule has 1 amide bonds. The van der Waals surface area contributed by atoms with Gasteiger partial charge in [-0.2, -0.15) is 0 Å². The summed E-state index contributed by atoms with van der Waals surface area (Å²) in [6.45, 7) is 5.05. The van der Waals surface area contributed by atoms with Crippen molar-refractivity contribution in [2.75, 3.05) is 20.1 Å². The fourth-order valence-electron chi connectivity index (χ4n) is 4.00. The number of carbonyl (C=O) groups excluding carboxylic acids is 1. The molecule has 0 fully saturated rings. The lowest BCUT2D eigenvalue weighted by Crippen LogP contribution is -2.41. The van der Waals surface area contributed by atoms with Gasteiger partial charge in [-0.15, -0.1) is 21.5 Å². The average Bonchev–Trinajstić information content (AvgIpc) is 3.32. The zero-order chi connectivity index (χ0) is 20.1. The SMILES string of the molecule is C[C@@H]1c2nnc(-c3nc4c(s3)CN(C)CC4)n2CCN1C(=O)c1ccc(F)cc1. The zero-order valence-electron chi connectivity index (χ0n) is 16.3. The molecule has 9 heteroatoms. The van der Waals surface area contributed by atoms with E-state index in [9.17, 15) is 9.18 Å². The van der Waals surface area contributed by atoms with E-state index >= 15 is 0 Å². The molecule has 0 aliphatic carbocycles. The molecule has 0 spiro atoms. The summed E-state index contributed by atoms with van der Waals surface area (Å²) < 4.78 is 15.3. The molecule has 0 bridgehead atoms. The number of thiazole rings is 1. The zero-order valence-corrected chi connectivity index (χ0v) is 17.1. The third-order valence-electron chi connectivity index (χ3n) is 5.65. The Bertz CT molecular complexity index is 1080. The first-order valence-corrected chi connectivity index (χ1v) is 10.5. The molecule has 2 aliphatic rings. The summed E-state index contributed by atoms with van der Waals surface area (Å²) in [6, 6.07) is 5.44. The molecule has 4 heterocycles. The van der Waals surface area contributed by atoms with Crippen molar-refractivity contribution in [2.45, 2.75) is 32.5 Å². The summed E-state index contributed by atoms with van der Waals surface area (Å²) >= 11 is 1.68. The van der Waals surface area contributed by atoms with Crippen LogP contribution in [0, 0.1) is 5.82 Å². The molecule has 2 aliphatic heterocycles. The lowest BCUT2D eigenvalue weighted by Gasteiger charge is -2.33. The minimum absolute atomic E-state index is 0.124. The molecule has 3 aromatic rings. The van der Waals surface area contributed by atoms with Gasteiger partial charge in [0, 0.05) is 43.0 Å². The number of halogens is 1. The molecule has 0 radical (unpaired) electrons. The van der Waals surface area contributed by atoms with Gasteiger partial charge in [0.2, 0.25) is 0 Å². The minimum Gasteiger partial charge on any atom is -0.327 e. The maximum absolute atomic E-state index is 13.2. The Kier molecular flexibility index (Phi) is 4.44. The van der Waals surface area contributed by atoms with E-state index in [-0.39, 0.29) is 17.8 Å². The van der Waals surface area contributed by atoms with Crippen molar-refractivity contribution in [2.24, 2.45) is 0 Å². The second-order valence-electron chi connectivity index (χ2n) is 7.59. The van der Waals surface area contributed by atoms with E-state index in [2.05, 4.69) is 26.7 Å². The topological polar surface area (TPSA) is 67.2 Å². The Morgan fingerprint density at radius 2 is 1.97 bits per heavy atom. The van der Waals surface area contributed by atoms with Gasteiger partial charge < -0.3 is 14.4 Å². The highest BCUT2D eigenvalue weighted by Crippen LogP contribution is 2.34. The molecule has 150 valence electrons. The monoisotopic (exact) mass is 412 g/mol. The molecule has 1 atom stereocenters. The summed E-state index contributed by atoms with van der Waals surface area (Å²) in [5, 5.41) is 9.71.